The summed E-state index contributed by atoms with van der Waals surface area (Å²) >= 11 is 0. The van der Waals surface area contributed by atoms with Crippen molar-refractivity contribution in [1.29, 1.82) is 0 Å². The van der Waals surface area contributed by atoms with Crippen LogP contribution in [0.25, 0.3) is 259 Å². The van der Waals surface area contributed by atoms with E-state index in [0.717, 1.165) is 112 Å². The van der Waals surface area contributed by atoms with Gasteiger partial charge in [-0.25, -0.2) is 15.0 Å². The third-order valence-corrected chi connectivity index (χ3v) is 27.7. The van der Waals surface area contributed by atoms with Crippen LogP contribution in [0.5, 0.6) is 0 Å². The molecule has 0 amide bonds. The monoisotopic (exact) mass is 1760 g/mol. The van der Waals surface area contributed by atoms with Crippen molar-refractivity contribution in [3.05, 3.63) is 492 Å². The predicted octanol–water partition coefficient (Wildman–Crippen LogP) is 32.3. The lowest BCUT2D eigenvalue weighted by molar-refractivity contribution is -0.567. The fraction of sp³-hybridized carbons (Fsp3) is 0. The van der Waals surface area contributed by atoms with E-state index in [9.17, 15) is 0 Å². The second kappa shape index (κ2) is 32.7. The Labute approximate surface area is 792 Å². The van der Waals surface area contributed by atoms with Crippen molar-refractivity contribution in [3.8, 4) is 84.5 Å². The van der Waals surface area contributed by atoms with Gasteiger partial charge in [-0.1, -0.05) is 364 Å². The summed E-state index contributed by atoms with van der Waals surface area (Å²) in [6, 6.07) is 169. The molecule has 642 valence electrons. The molecule has 0 aliphatic rings. The molecule has 0 saturated carbocycles. The van der Waals surface area contributed by atoms with Crippen LogP contribution in [-0.4, -0.2) is 43.2 Å². The molecule has 10 heteroatoms. The van der Waals surface area contributed by atoms with Gasteiger partial charge in [0.15, 0.2) is 0 Å². The minimum Gasteiger partial charge on any atom is -0.309 e. The fourth-order valence-electron chi connectivity index (χ4n) is 21.5. The highest BCUT2D eigenvalue weighted by Gasteiger charge is 2.28. The normalized spacial score (nSPS) is 11.8. The molecular weight excluding hydrogens is 1680 g/mol. The third-order valence-electron chi connectivity index (χ3n) is 27.7. The quantitative estimate of drug-likeness (QED) is 0.127. The molecule has 0 atom stereocenters. The smallest absolute Gasteiger partial charge is 0.239 e. The molecule has 0 spiro atoms. The van der Waals surface area contributed by atoms with E-state index >= 15 is 0 Å². The maximum absolute atomic E-state index is 5.36. The van der Waals surface area contributed by atoms with E-state index in [-0.39, 0.29) is 0 Å². The van der Waals surface area contributed by atoms with Gasteiger partial charge in [-0.15, -0.1) is 0 Å². The van der Waals surface area contributed by atoms with E-state index in [1.807, 2.05) is 12.1 Å². The minimum absolute atomic E-state index is 0.868. The molecule has 0 bridgehead atoms. The van der Waals surface area contributed by atoms with Crippen molar-refractivity contribution in [2.45, 2.75) is 0 Å². The summed E-state index contributed by atoms with van der Waals surface area (Å²) in [4.78, 5) is 24.8. The first-order chi connectivity index (χ1) is 68.5. The van der Waals surface area contributed by atoms with E-state index < -0.39 is 0 Å². The van der Waals surface area contributed by atoms with Crippen molar-refractivity contribution in [3.63, 3.8) is 0 Å². The van der Waals surface area contributed by atoms with Gasteiger partial charge in [0.05, 0.1) is 83.3 Å². The zero-order valence-electron chi connectivity index (χ0n) is 74.7. The van der Waals surface area contributed by atoms with Crippen LogP contribution in [0.2, 0.25) is 0 Å². The van der Waals surface area contributed by atoms with Crippen LogP contribution in [-0.2, 0) is 0 Å². The number of hydrogen-bond acceptors (Lipinski definition) is 5. The standard InChI is InChI=1S/C60H39N4.C40H25N3.C28H17N3/c1-4-15-40(16-5-1)42-27-29-44(30-28-42)53-39-62(47-23-14-20-45(37-47)41-17-6-2-7-18-41)57-38-48(32-34-52(57)61-53)63-54-26-13-12-25-50(54)58-55(63)35-36-56-59(58)51-33-31-43-19-10-11-24-49(43)60(51)64(56)46-21-8-3-9-22-46;1-3-13-28(14-4-1)38-39(29-15-5-2-6-16-29)42-35-25-30(21-23-34(35)41-38)43-36-24-20-26-11-7-9-17-31(26)37(36)33-22-19-27-12-8-10-18-32(27)40(33)43;1-3-7-21-18(5-1)10-14-26-27(21)23-12-9-19-6-2-4-8-22(19)28(23)31(26)20-11-13-24-25(17-20)30-16-15-29-24/h1-39H;1-25H;1-17H/q+1;;. The van der Waals surface area contributed by atoms with Gasteiger partial charge in [-0.2, -0.15) is 4.57 Å². The van der Waals surface area contributed by atoms with E-state index in [1.165, 1.54) is 147 Å². The van der Waals surface area contributed by atoms with Gasteiger partial charge in [-0.05, 0) is 151 Å². The minimum atomic E-state index is 0.868. The molecule has 138 heavy (non-hydrogen) atoms. The highest BCUT2D eigenvalue weighted by Crippen LogP contribution is 2.48. The van der Waals surface area contributed by atoms with Crippen LogP contribution in [0.4, 0.5) is 0 Å². The van der Waals surface area contributed by atoms with Gasteiger partial charge in [0, 0.05) is 124 Å². The lowest BCUT2D eigenvalue weighted by Gasteiger charge is -2.13. The number of benzene rings is 22. The van der Waals surface area contributed by atoms with Crippen molar-refractivity contribution < 1.29 is 4.57 Å². The Balaban J connectivity index is 0.000000112. The number of aromatic nitrogens is 10. The van der Waals surface area contributed by atoms with Crippen molar-refractivity contribution in [2.75, 3.05) is 0 Å². The maximum atomic E-state index is 5.36. The van der Waals surface area contributed by atoms with Crippen molar-refractivity contribution in [1.82, 2.24) is 43.2 Å². The lowest BCUT2D eigenvalue weighted by Crippen LogP contribution is -2.32. The zero-order chi connectivity index (χ0) is 90.8. The summed E-state index contributed by atoms with van der Waals surface area (Å²) in [7, 11) is 0. The molecular formula is C128H81N10+. The molecule has 7 heterocycles. The van der Waals surface area contributed by atoms with Crippen LogP contribution in [0.1, 0.15) is 0 Å². The van der Waals surface area contributed by atoms with E-state index in [2.05, 4.69) is 500 Å². The van der Waals surface area contributed by atoms with Crippen molar-refractivity contribution in [2.24, 2.45) is 0 Å². The Hall–Kier alpha value is -18.6. The Morgan fingerprint density at radius 1 is 0.188 bits per heavy atom. The zero-order valence-corrected chi connectivity index (χ0v) is 74.7. The predicted molar refractivity (Wildman–Crippen MR) is 574 cm³/mol. The highest BCUT2D eigenvalue weighted by atomic mass is 15.0. The molecule has 29 rings (SSSR count). The second-order valence-corrected chi connectivity index (χ2v) is 35.5. The second-order valence-electron chi connectivity index (χ2n) is 35.5. The topological polar surface area (TPSA) is 88.0 Å². The first kappa shape index (κ1) is 79.1. The summed E-state index contributed by atoms with van der Waals surface area (Å²) in [5.74, 6) is 0. The Morgan fingerprint density at radius 3 is 1.11 bits per heavy atom. The molecule has 10 nitrogen and oxygen atoms in total. The van der Waals surface area contributed by atoms with Gasteiger partial charge in [0.2, 0.25) is 17.4 Å². The van der Waals surface area contributed by atoms with Crippen LogP contribution < -0.4 is 4.57 Å². The van der Waals surface area contributed by atoms with Gasteiger partial charge in [0.25, 0.3) is 0 Å². The molecule has 7 aromatic heterocycles. The average Bonchev–Trinajstić information content (AvgIpc) is 1.52. The average molecular weight is 1760 g/mol. The van der Waals surface area contributed by atoms with Crippen molar-refractivity contribution >= 4 is 174 Å². The molecule has 0 unspecified atom stereocenters. The first-order valence-electron chi connectivity index (χ1n) is 46.9. The SMILES string of the molecule is c1ccc(-c2ccc(-c3c[n+](-c4cccc(-c5ccccc5)c4)c4cc(-n5c6ccccc6c6c7c8ccc9ccccc9c8n(-c8ccccc8)c7ccc65)ccc4n3)cc2)cc1.c1ccc(-c2nc3ccc(-n4c5ccc6ccccc6c5c5ccc6ccccc6c54)cc3nc2-c2ccccc2)cc1.c1ccc2c(c1)ccc1c2c2ccc3ccccc3c2n1-c1ccc2nccnc2c1. The number of para-hydroxylation sites is 2. The summed E-state index contributed by atoms with van der Waals surface area (Å²) in [5, 5.41) is 22.5. The molecule has 29 aromatic rings. The fourth-order valence-corrected chi connectivity index (χ4v) is 21.5. The Morgan fingerprint density at radius 2 is 0.558 bits per heavy atom. The largest absolute Gasteiger partial charge is 0.309 e. The molecule has 0 aliphatic carbocycles. The van der Waals surface area contributed by atoms with Gasteiger partial charge in [0.1, 0.15) is 11.2 Å². The highest BCUT2D eigenvalue weighted by molar-refractivity contribution is 6.32. The number of rotatable bonds is 10. The van der Waals surface area contributed by atoms with Crippen LogP contribution >= 0.6 is 0 Å². The van der Waals surface area contributed by atoms with E-state index in [0.29, 0.717) is 0 Å². The summed E-state index contributed by atoms with van der Waals surface area (Å²) in [5.41, 5.74) is 31.1. The lowest BCUT2D eigenvalue weighted by atomic mass is 10.0. The van der Waals surface area contributed by atoms with Gasteiger partial charge >= 0.3 is 0 Å². The number of fused-ring (bicyclic) bond motifs is 26. The molecule has 0 N–H and O–H groups in total. The first-order valence-corrected chi connectivity index (χ1v) is 46.9. The third kappa shape index (κ3) is 13.2. The summed E-state index contributed by atoms with van der Waals surface area (Å²) < 4.78 is 12.0. The molecule has 0 fully saturated rings. The number of nitrogens with zero attached hydrogens (tertiary/aromatic N) is 10. The van der Waals surface area contributed by atoms with Gasteiger partial charge < -0.3 is 18.3 Å². The Kier molecular flexibility index (Phi) is 18.7. The summed E-state index contributed by atoms with van der Waals surface area (Å²) in [6.45, 7) is 0. The molecule has 22 aromatic carbocycles. The molecule has 0 radical (unpaired) electrons. The summed E-state index contributed by atoms with van der Waals surface area (Å²) in [6.07, 6.45) is 5.69. The van der Waals surface area contributed by atoms with Crippen LogP contribution in [0.3, 0.4) is 0 Å². The van der Waals surface area contributed by atoms with Crippen LogP contribution in [0.15, 0.2) is 492 Å². The van der Waals surface area contributed by atoms with E-state index in [1.54, 1.807) is 12.4 Å². The number of hydrogen-bond donors (Lipinski definition) is 0. The molecule has 0 saturated heterocycles. The van der Waals surface area contributed by atoms with Crippen LogP contribution in [0, 0.1) is 0 Å². The molecule has 0 aliphatic heterocycles. The van der Waals surface area contributed by atoms with E-state index in [4.69, 9.17) is 15.0 Å². The Bertz CT molecular complexity index is 9960. The maximum Gasteiger partial charge on any atom is 0.239 e. The van der Waals surface area contributed by atoms with Gasteiger partial charge in [-0.3, -0.25) is 9.97 Å².